The van der Waals surface area contributed by atoms with E-state index in [0.717, 1.165) is 0 Å². The van der Waals surface area contributed by atoms with E-state index in [2.05, 4.69) is 10.3 Å². The SMILES string of the molecule is CCOC(C)CNc1nc(C(N)=O)ccc1N. The first kappa shape index (κ1) is 13.2. The molecule has 94 valence electrons. The molecule has 17 heavy (non-hydrogen) atoms. The molecule has 5 N–H and O–H groups in total. The average Bonchev–Trinajstić information content (AvgIpc) is 2.28. The summed E-state index contributed by atoms with van der Waals surface area (Å²) in [6, 6.07) is 3.09. The summed E-state index contributed by atoms with van der Waals surface area (Å²) in [7, 11) is 0. The van der Waals surface area contributed by atoms with Crippen molar-refractivity contribution in [1.82, 2.24) is 4.98 Å². The Hall–Kier alpha value is -1.82. The lowest BCUT2D eigenvalue weighted by Crippen LogP contribution is -2.22. The van der Waals surface area contributed by atoms with Crippen molar-refractivity contribution >= 4 is 17.4 Å². The molecule has 0 bridgehead atoms. The van der Waals surface area contributed by atoms with Gasteiger partial charge in [0.25, 0.3) is 5.91 Å². The summed E-state index contributed by atoms with van der Waals surface area (Å²) in [6.07, 6.45) is 0.0402. The van der Waals surface area contributed by atoms with Crippen molar-refractivity contribution in [2.45, 2.75) is 20.0 Å². The van der Waals surface area contributed by atoms with Crippen molar-refractivity contribution < 1.29 is 9.53 Å². The van der Waals surface area contributed by atoms with Crippen LogP contribution in [0.4, 0.5) is 11.5 Å². The molecule has 0 saturated carbocycles. The summed E-state index contributed by atoms with van der Waals surface area (Å²) in [4.78, 5) is 15.0. The second-order valence-electron chi connectivity index (χ2n) is 3.65. The number of hydrogen-bond donors (Lipinski definition) is 3. The van der Waals surface area contributed by atoms with Gasteiger partial charge in [-0.05, 0) is 26.0 Å². The van der Waals surface area contributed by atoms with E-state index in [1.807, 2.05) is 13.8 Å². The van der Waals surface area contributed by atoms with Crippen molar-refractivity contribution in [3.63, 3.8) is 0 Å². The molecule has 6 heteroatoms. The van der Waals surface area contributed by atoms with Crippen molar-refractivity contribution in [3.05, 3.63) is 17.8 Å². The normalized spacial score (nSPS) is 12.1. The van der Waals surface area contributed by atoms with Crippen LogP contribution in [0.5, 0.6) is 0 Å². The molecule has 1 atom stereocenters. The number of carbonyl (C=O) groups is 1. The number of nitrogens with zero attached hydrogens (tertiary/aromatic N) is 1. The van der Waals surface area contributed by atoms with E-state index in [-0.39, 0.29) is 11.8 Å². The van der Waals surface area contributed by atoms with E-state index in [4.69, 9.17) is 16.2 Å². The highest BCUT2D eigenvalue weighted by atomic mass is 16.5. The molecule has 0 radical (unpaired) electrons. The molecule has 1 unspecified atom stereocenters. The van der Waals surface area contributed by atoms with Crippen LogP contribution in [-0.2, 0) is 4.74 Å². The first-order valence-electron chi connectivity index (χ1n) is 5.46. The Morgan fingerprint density at radius 1 is 1.59 bits per heavy atom. The zero-order valence-corrected chi connectivity index (χ0v) is 10.1. The summed E-state index contributed by atoms with van der Waals surface area (Å²) < 4.78 is 5.36. The molecular formula is C11H18N4O2. The third-order valence-corrected chi connectivity index (χ3v) is 2.19. The molecular weight excluding hydrogens is 220 g/mol. The highest BCUT2D eigenvalue weighted by Gasteiger charge is 2.08. The Kier molecular flexibility index (Phi) is 4.71. The fourth-order valence-electron chi connectivity index (χ4n) is 1.33. The lowest BCUT2D eigenvalue weighted by Gasteiger charge is -2.14. The minimum Gasteiger partial charge on any atom is -0.396 e. The molecule has 6 nitrogen and oxygen atoms in total. The molecule has 0 saturated heterocycles. The molecule has 1 heterocycles. The summed E-state index contributed by atoms with van der Waals surface area (Å²) in [5, 5.41) is 3.02. The number of rotatable bonds is 6. The number of anilines is 2. The van der Waals surface area contributed by atoms with Crippen LogP contribution >= 0.6 is 0 Å². The summed E-state index contributed by atoms with van der Waals surface area (Å²) in [6.45, 7) is 5.07. The Labute approximate surface area is 100 Å². The topological polar surface area (TPSA) is 103 Å². The van der Waals surface area contributed by atoms with Crippen LogP contribution in [0.3, 0.4) is 0 Å². The van der Waals surface area contributed by atoms with Crippen molar-refractivity contribution in [2.75, 3.05) is 24.2 Å². The molecule has 0 fully saturated rings. The Morgan fingerprint density at radius 3 is 2.88 bits per heavy atom. The summed E-state index contributed by atoms with van der Waals surface area (Å²) in [5.74, 6) is -0.126. The number of ether oxygens (including phenoxy) is 1. The van der Waals surface area contributed by atoms with Gasteiger partial charge < -0.3 is 21.5 Å². The van der Waals surface area contributed by atoms with E-state index in [9.17, 15) is 4.79 Å². The molecule has 1 amide bonds. The number of nitrogen functional groups attached to an aromatic ring is 1. The number of carbonyl (C=O) groups excluding carboxylic acids is 1. The van der Waals surface area contributed by atoms with Gasteiger partial charge in [-0.2, -0.15) is 0 Å². The van der Waals surface area contributed by atoms with E-state index in [1.54, 1.807) is 6.07 Å². The molecule has 1 aromatic rings. The number of hydrogen-bond acceptors (Lipinski definition) is 5. The summed E-state index contributed by atoms with van der Waals surface area (Å²) in [5.41, 5.74) is 11.5. The van der Waals surface area contributed by atoms with E-state index < -0.39 is 5.91 Å². The predicted octanol–water partition coefficient (Wildman–Crippen LogP) is 0.600. The molecule has 0 aromatic carbocycles. The molecule has 0 aliphatic heterocycles. The lowest BCUT2D eigenvalue weighted by atomic mass is 10.3. The number of aromatic nitrogens is 1. The quantitative estimate of drug-likeness (QED) is 0.673. The highest BCUT2D eigenvalue weighted by molar-refractivity contribution is 5.91. The van der Waals surface area contributed by atoms with Crippen LogP contribution in [0, 0.1) is 0 Å². The van der Waals surface area contributed by atoms with Crippen LogP contribution in [0.15, 0.2) is 12.1 Å². The predicted molar refractivity (Wildman–Crippen MR) is 66.7 cm³/mol. The van der Waals surface area contributed by atoms with Gasteiger partial charge in [-0.3, -0.25) is 4.79 Å². The van der Waals surface area contributed by atoms with Crippen LogP contribution in [0.2, 0.25) is 0 Å². The monoisotopic (exact) mass is 238 g/mol. The molecule has 0 aliphatic carbocycles. The third-order valence-electron chi connectivity index (χ3n) is 2.19. The Morgan fingerprint density at radius 2 is 2.29 bits per heavy atom. The maximum Gasteiger partial charge on any atom is 0.267 e. The number of primary amides is 1. The molecule has 0 aliphatic rings. The van der Waals surface area contributed by atoms with E-state index in [1.165, 1.54) is 6.07 Å². The largest absolute Gasteiger partial charge is 0.396 e. The third kappa shape index (κ3) is 3.92. The maximum atomic E-state index is 11.0. The average molecular weight is 238 g/mol. The number of nitrogens with two attached hydrogens (primary N) is 2. The Bertz CT molecular complexity index is 395. The van der Waals surface area contributed by atoms with Gasteiger partial charge in [0.2, 0.25) is 0 Å². The smallest absolute Gasteiger partial charge is 0.267 e. The van der Waals surface area contributed by atoms with Gasteiger partial charge in [0.1, 0.15) is 11.5 Å². The van der Waals surface area contributed by atoms with E-state index in [0.29, 0.717) is 24.7 Å². The van der Waals surface area contributed by atoms with Crippen LogP contribution in [0.1, 0.15) is 24.3 Å². The maximum absolute atomic E-state index is 11.0. The minimum absolute atomic E-state index is 0.0402. The highest BCUT2D eigenvalue weighted by Crippen LogP contribution is 2.15. The van der Waals surface area contributed by atoms with Gasteiger partial charge in [-0.15, -0.1) is 0 Å². The molecule has 1 rings (SSSR count). The molecule has 1 aromatic heterocycles. The van der Waals surface area contributed by atoms with Gasteiger partial charge >= 0.3 is 0 Å². The Balaban J connectivity index is 2.69. The first-order valence-corrected chi connectivity index (χ1v) is 5.46. The van der Waals surface area contributed by atoms with Crippen LogP contribution < -0.4 is 16.8 Å². The lowest BCUT2D eigenvalue weighted by molar-refractivity contribution is 0.0855. The minimum atomic E-state index is -0.578. The van der Waals surface area contributed by atoms with E-state index >= 15 is 0 Å². The zero-order valence-electron chi connectivity index (χ0n) is 10.1. The summed E-state index contributed by atoms with van der Waals surface area (Å²) >= 11 is 0. The zero-order chi connectivity index (χ0) is 12.8. The number of amides is 1. The van der Waals surface area contributed by atoms with Crippen LogP contribution in [0.25, 0.3) is 0 Å². The van der Waals surface area contributed by atoms with Gasteiger partial charge in [0.15, 0.2) is 0 Å². The van der Waals surface area contributed by atoms with Gasteiger partial charge in [0.05, 0.1) is 11.8 Å². The second kappa shape index (κ2) is 6.05. The fraction of sp³-hybridized carbons (Fsp3) is 0.455. The van der Waals surface area contributed by atoms with Gasteiger partial charge in [0, 0.05) is 13.2 Å². The molecule has 0 spiro atoms. The van der Waals surface area contributed by atoms with Crippen molar-refractivity contribution in [2.24, 2.45) is 5.73 Å². The fourth-order valence-corrected chi connectivity index (χ4v) is 1.33. The second-order valence-corrected chi connectivity index (χ2v) is 3.65. The van der Waals surface area contributed by atoms with Crippen molar-refractivity contribution in [3.8, 4) is 0 Å². The van der Waals surface area contributed by atoms with Crippen LogP contribution in [-0.4, -0.2) is 30.1 Å². The van der Waals surface area contributed by atoms with Gasteiger partial charge in [-0.1, -0.05) is 0 Å². The number of nitrogens with one attached hydrogen (secondary N) is 1. The number of pyridine rings is 1. The van der Waals surface area contributed by atoms with Gasteiger partial charge in [-0.25, -0.2) is 4.98 Å². The van der Waals surface area contributed by atoms with Crippen molar-refractivity contribution in [1.29, 1.82) is 0 Å². The first-order chi connectivity index (χ1) is 8.04. The standard InChI is InChI=1S/C11H18N4O2/c1-3-17-7(2)6-14-11-8(12)4-5-9(15-11)10(13)16/h4-5,7H,3,6,12H2,1-2H3,(H2,13,16)(H,14,15).